The second-order valence-electron chi connectivity index (χ2n) is 4.33. The first-order valence-corrected chi connectivity index (χ1v) is 8.25. The summed E-state index contributed by atoms with van der Waals surface area (Å²) in [5.41, 5.74) is 2.25. The van der Waals surface area contributed by atoms with Crippen LogP contribution < -0.4 is 5.32 Å². The molecule has 0 spiro atoms. The summed E-state index contributed by atoms with van der Waals surface area (Å²) in [7, 11) is 0. The van der Waals surface area contributed by atoms with Crippen LogP contribution in [0.25, 0.3) is 0 Å². The van der Waals surface area contributed by atoms with Crippen LogP contribution in [0.3, 0.4) is 0 Å². The highest BCUT2D eigenvalue weighted by atomic mass is 32.2. The topological polar surface area (TPSA) is 61.6 Å². The van der Waals surface area contributed by atoms with E-state index >= 15 is 0 Å². The highest BCUT2D eigenvalue weighted by molar-refractivity contribution is 8.01. The minimum Gasteiger partial charge on any atom is -0.330 e. The molecule has 2 rings (SSSR count). The highest BCUT2D eigenvalue weighted by Crippen LogP contribution is 2.28. The van der Waals surface area contributed by atoms with Crippen molar-refractivity contribution in [1.29, 1.82) is 5.26 Å². The van der Waals surface area contributed by atoms with Gasteiger partial charge in [-0.15, -0.1) is 10.2 Å². The maximum Gasteiger partial charge on any atom is 0.210 e. The lowest BCUT2D eigenvalue weighted by Gasteiger charge is -2.01. The summed E-state index contributed by atoms with van der Waals surface area (Å²) in [4.78, 5) is 0. The Balaban J connectivity index is 1.82. The normalized spacial score (nSPS) is 10.2. The maximum atomic E-state index is 8.46. The molecular formula is C14H16N4S2. The third kappa shape index (κ3) is 4.83. The fourth-order valence-corrected chi connectivity index (χ4v) is 3.47. The smallest absolute Gasteiger partial charge is 0.210 e. The van der Waals surface area contributed by atoms with Crippen LogP contribution in [-0.4, -0.2) is 16.0 Å². The zero-order valence-electron chi connectivity index (χ0n) is 11.3. The van der Waals surface area contributed by atoms with Crippen molar-refractivity contribution in [3.05, 3.63) is 29.8 Å². The minimum atomic E-state index is 0.636. The van der Waals surface area contributed by atoms with Gasteiger partial charge >= 0.3 is 0 Å². The number of unbranched alkanes of at least 4 members (excludes halogenated alkanes) is 2. The molecule has 6 heteroatoms. The molecule has 104 valence electrons. The number of benzene rings is 1. The summed E-state index contributed by atoms with van der Waals surface area (Å²) in [5.74, 6) is 0.987. The summed E-state index contributed by atoms with van der Waals surface area (Å²) in [6.07, 6.45) is 2.63. The number of thioether (sulfide) groups is 1. The van der Waals surface area contributed by atoms with Crippen LogP contribution in [0.5, 0.6) is 0 Å². The Morgan fingerprint density at radius 1 is 1.35 bits per heavy atom. The lowest BCUT2D eigenvalue weighted by Crippen LogP contribution is -1.89. The second-order valence-corrected chi connectivity index (χ2v) is 6.65. The SMILES string of the molecule is Cc1cccc(Nc2nnc(SCCCCC#N)s2)c1. The van der Waals surface area contributed by atoms with Crippen LogP contribution in [0, 0.1) is 18.3 Å². The number of nitrogens with one attached hydrogen (secondary N) is 1. The van der Waals surface area contributed by atoms with Gasteiger partial charge in [-0.2, -0.15) is 5.26 Å². The number of nitrogens with zero attached hydrogens (tertiary/aromatic N) is 3. The Kier molecular flexibility index (Phi) is 5.84. The number of hydrogen-bond acceptors (Lipinski definition) is 6. The van der Waals surface area contributed by atoms with Crippen molar-refractivity contribution >= 4 is 33.9 Å². The van der Waals surface area contributed by atoms with Gasteiger partial charge in [-0.3, -0.25) is 0 Å². The van der Waals surface area contributed by atoms with Crippen LogP contribution in [0.2, 0.25) is 0 Å². The predicted octanol–water partition coefficient (Wildman–Crippen LogP) is 4.38. The van der Waals surface area contributed by atoms with Crippen LogP contribution in [-0.2, 0) is 0 Å². The summed E-state index contributed by atoms with van der Waals surface area (Å²) in [6, 6.07) is 10.3. The molecule has 2 aromatic rings. The Hall–Kier alpha value is -1.58. The summed E-state index contributed by atoms with van der Waals surface area (Å²) >= 11 is 3.26. The van der Waals surface area contributed by atoms with Crippen molar-refractivity contribution in [2.24, 2.45) is 0 Å². The molecule has 4 nitrogen and oxygen atoms in total. The maximum absolute atomic E-state index is 8.46. The quantitative estimate of drug-likeness (QED) is 0.607. The van der Waals surface area contributed by atoms with E-state index in [-0.39, 0.29) is 0 Å². The molecule has 0 aliphatic heterocycles. The summed E-state index contributed by atoms with van der Waals surface area (Å²) in [5, 5.41) is 20.8. The summed E-state index contributed by atoms with van der Waals surface area (Å²) < 4.78 is 0.970. The van der Waals surface area contributed by atoms with E-state index in [1.807, 2.05) is 12.1 Å². The van der Waals surface area contributed by atoms with Gasteiger partial charge in [-0.1, -0.05) is 35.2 Å². The number of aryl methyl sites for hydroxylation is 1. The molecule has 0 aliphatic rings. The van der Waals surface area contributed by atoms with E-state index in [1.165, 1.54) is 5.56 Å². The largest absolute Gasteiger partial charge is 0.330 e. The van der Waals surface area contributed by atoms with Crippen LogP contribution in [0.15, 0.2) is 28.6 Å². The molecule has 1 aromatic heterocycles. The first-order chi connectivity index (χ1) is 9.78. The summed E-state index contributed by atoms with van der Waals surface area (Å²) in [6.45, 7) is 2.06. The molecule has 0 atom stereocenters. The molecule has 0 amide bonds. The van der Waals surface area contributed by atoms with Gasteiger partial charge in [0.05, 0.1) is 6.07 Å². The van der Waals surface area contributed by atoms with Gasteiger partial charge in [0, 0.05) is 17.9 Å². The molecule has 0 fully saturated rings. The molecule has 0 saturated heterocycles. The molecule has 1 aromatic carbocycles. The zero-order valence-corrected chi connectivity index (χ0v) is 12.9. The van der Waals surface area contributed by atoms with Crippen LogP contribution >= 0.6 is 23.1 Å². The van der Waals surface area contributed by atoms with E-state index < -0.39 is 0 Å². The Morgan fingerprint density at radius 2 is 2.25 bits per heavy atom. The molecule has 1 N–H and O–H groups in total. The number of hydrogen-bond donors (Lipinski definition) is 1. The fourth-order valence-electron chi connectivity index (χ4n) is 1.63. The van der Waals surface area contributed by atoms with Gasteiger partial charge in [-0.05, 0) is 37.5 Å². The number of nitriles is 1. The third-order valence-corrected chi connectivity index (χ3v) is 4.64. The van der Waals surface area contributed by atoms with Gasteiger partial charge in [0.15, 0.2) is 4.34 Å². The third-order valence-electron chi connectivity index (χ3n) is 2.58. The van der Waals surface area contributed by atoms with E-state index in [2.05, 4.69) is 40.6 Å². The average molecular weight is 304 g/mol. The first-order valence-electron chi connectivity index (χ1n) is 6.45. The molecule has 20 heavy (non-hydrogen) atoms. The van der Waals surface area contributed by atoms with E-state index in [0.29, 0.717) is 6.42 Å². The van der Waals surface area contributed by atoms with E-state index in [4.69, 9.17) is 5.26 Å². The molecule has 0 aliphatic carbocycles. The van der Waals surface area contributed by atoms with Crippen molar-refractivity contribution in [3.8, 4) is 6.07 Å². The van der Waals surface area contributed by atoms with Gasteiger partial charge in [0.2, 0.25) is 5.13 Å². The van der Waals surface area contributed by atoms with Crippen LogP contribution in [0.1, 0.15) is 24.8 Å². The predicted molar refractivity (Wildman–Crippen MR) is 84.6 cm³/mol. The van der Waals surface area contributed by atoms with E-state index in [9.17, 15) is 0 Å². The zero-order chi connectivity index (χ0) is 14.2. The standard InChI is InChI=1S/C14H16N4S2/c1-11-6-5-7-12(10-11)16-13-17-18-14(20-13)19-9-4-2-3-8-15/h5-7,10H,2-4,9H2,1H3,(H,16,17). The molecule has 0 bridgehead atoms. The van der Waals surface area contributed by atoms with Crippen molar-refractivity contribution < 1.29 is 0 Å². The van der Waals surface area contributed by atoms with Crippen molar-refractivity contribution in [2.75, 3.05) is 11.1 Å². The Bertz CT molecular complexity index is 589. The van der Waals surface area contributed by atoms with Crippen LogP contribution in [0.4, 0.5) is 10.8 Å². The molecule has 0 radical (unpaired) electrons. The lowest BCUT2D eigenvalue weighted by atomic mass is 10.2. The first kappa shape index (κ1) is 14.8. The van der Waals surface area contributed by atoms with Crippen molar-refractivity contribution in [3.63, 3.8) is 0 Å². The van der Waals surface area contributed by atoms with E-state index in [0.717, 1.165) is 33.8 Å². The lowest BCUT2D eigenvalue weighted by molar-refractivity contribution is 0.829. The number of rotatable bonds is 7. The van der Waals surface area contributed by atoms with Gasteiger partial charge in [-0.25, -0.2) is 0 Å². The molecule has 0 saturated carbocycles. The minimum absolute atomic E-state index is 0.636. The molecule has 0 unspecified atom stereocenters. The van der Waals surface area contributed by atoms with Crippen molar-refractivity contribution in [2.45, 2.75) is 30.5 Å². The van der Waals surface area contributed by atoms with Gasteiger partial charge in [0.1, 0.15) is 0 Å². The molecular weight excluding hydrogens is 288 g/mol. The molecule has 1 heterocycles. The number of aromatic nitrogens is 2. The monoisotopic (exact) mass is 304 g/mol. The Labute approximate surface area is 127 Å². The average Bonchev–Trinajstić information content (AvgIpc) is 2.86. The van der Waals surface area contributed by atoms with Crippen molar-refractivity contribution in [1.82, 2.24) is 10.2 Å². The fraction of sp³-hybridized carbons (Fsp3) is 0.357. The number of anilines is 2. The Morgan fingerprint density at radius 3 is 3.05 bits per heavy atom. The van der Waals surface area contributed by atoms with Gasteiger partial charge in [0.25, 0.3) is 0 Å². The van der Waals surface area contributed by atoms with E-state index in [1.54, 1.807) is 23.1 Å². The second kappa shape index (κ2) is 7.88. The highest BCUT2D eigenvalue weighted by Gasteiger charge is 2.05. The van der Waals surface area contributed by atoms with Gasteiger partial charge < -0.3 is 5.32 Å².